The Hall–Kier alpha value is -1.43. The van der Waals surface area contributed by atoms with Crippen LogP contribution in [0.5, 0.6) is 0 Å². The van der Waals surface area contributed by atoms with Crippen molar-refractivity contribution in [2.45, 2.75) is 64.1 Å². The van der Waals surface area contributed by atoms with Crippen LogP contribution in [0.15, 0.2) is 4.99 Å². The van der Waals surface area contributed by atoms with Crippen LogP contribution in [-0.2, 0) is 29.1 Å². The molecule has 3 N–H and O–H groups in total. The molecule has 10 heteroatoms. The van der Waals surface area contributed by atoms with Gasteiger partial charge in [0.05, 0.1) is 6.54 Å². The predicted molar refractivity (Wildman–Crippen MR) is 122 cm³/mol. The molecular weight excluding hydrogens is 485 g/mol. The Morgan fingerprint density at radius 2 is 2.00 bits per heavy atom. The summed E-state index contributed by atoms with van der Waals surface area (Å²) in [6.07, 6.45) is 7.46. The van der Waals surface area contributed by atoms with Gasteiger partial charge in [-0.3, -0.25) is 9.79 Å². The molecule has 1 amide bonds. The highest BCUT2D eigenvalue weighted by Gasteiger charge is 2.22. The Labute approximate surface area is 189 Å². The Bertz CT molecular complexity index is 674. The zero-order valence-electron chi connectivity index (χ0n) is 17.4. The van der Waals surface area contributed by atoms with Crippen molar-refractivity contribution in [3.63, 3.8) is 0 Å². The van der Waals surface area contributed by atoms with Crippen LogP contribution < -0.4 is 16.0 Å². The van der Waals surface area contributed by atoms with Crippen LogP contribution in [0.3, 0.4) is 0 Å². The standard InChI is InChI=1S/C19H33N7O2.HI/c1-20-19(22-10-9-21-18(27)11-14-5-3-4-6-14)23-15-7-8-17-24-16(13-28-2)25-26(17)12-15;/h14-15H,3-13H2,1-2H3,(H,21,27)(H2,20,22,23);1H. The van der Waals surface area contributed by atoms with Gasteiger partial charge in [0.15, 0.2) is 11.8 Å². The van der Waals surface area contributed by atoms with E-state index in [1.54, 1.807) is 14.2 Å². The number of amides is 1. The molecule has 1 aliphatic carbocycles. The van der Waals surface area contributed by atoms with E-state index >= 15 is 0 Å². The Morgan fingerprint density at radius 3 is 2.72 bits per heavy atom. The number of aryl methyl sites for hydroxylation is 1. The van der Waals surface area contributed by atoms with Crippen molar-refractivity contribution in [2.24, 2.45) is 10.9 Å². The van der Waals surface area contributed by atoms with Gasteiger partial charge in [-0.15, -0.1) is 24.0 Å². The van der Waals surface area contributed by atoms with Gasteiger partial charge in [0.1, 0.15) is 12.4 Å². The largest absolute Gasteiger partial charge is 0.377 e. The van der Waals surface area contributed by atoms with Gasteiger partial charge in [0.2, 0.25) is 5.91 Å². The van der Waals surface area contributed by atoms with Gasteiger partial charge >= 0.3 is 0 Å². The molecule has 1 fully saturated rings. The van der Waals surface area contributed by atoms with Crippen LogP contribution in [0.4, 0.5) is 0 Å². The van der Waals surface area contributed by atoms with E-state index in [0.717, 1.165) is 37.0 Å². The Balaban J connectivity index is 0.00000300. The van der Waals surface area contributed by atoms with Crippen LogP contribution >= 0.6 is 24.0 Å². The predicted octanol–water partition coefficient (Wildman–Crippen LogP) is 1.22. The zero-order chi connectivity index (χ0) is 19.8. The molecule has 2 heterocycles. The average molecular weight is 519 g/mol. The molecule has 1 atom stereocenters. The lowest BCUT2D eigenvalue weighted by Gasteiger charge is -2.25. The summed E-state index contributed by atoms with van der Waals surface area (Å²) in [6.45, 7) is 2.44. The number of rotatable bonds is 8. The molecule has 1 saturated carbocycles. The number of halogens is 1. The van der Waals surface area contributed by atoms with Gasteiger partial charge in [0, 0.05) is 46.1 Å². The lowest BCUT2D eigenvalue weighted by Crippen LogP contribution is -2.48. The van der Waals surface area contributed by atoms with Crippen LogP contribution in [0.1, 0.15) is 50.2 Å². The number of hydrogen-bond acceptors (Lipinski definition) is 5. The first-order valence-corrected chi connectivity index (χ1v) is 10.3. The molecular formula is C19H34IN7O2. The van der Waals surface area contributed by atoms with E-state index in [2.05, 4.69) is 31.0 Å². The number of aromatic nitrogens is 3. The highest BCUT2D eigenvalue weighted by atomic mass is 127. The number of guanidine groups is 1. The number of aliphatic imine (C=N–C) groups is 1. The monoisotopic (exact) mass is 519 g/mol. The summed E-state index contributed by atoms with van der Waals surface area (Å²) in [7, 11) is 3.41. The maximum Gasteiger partial charge on any atom is 0.220 e. The highest BCUT2D eigenvalue weighted by molar-refractivity contribution is 14.0. The molecule has 29 heavy (non-hydrogen) atoms. The van der Waals surface area contributed by atoms with Crippen LogP contribution in [0.2, 0.25) is 0 Å². The third kappa shape index (κ3) is 7.40. The first-order valence-electron chi connectivity index (χ1n) is 10.3. The molecule has 0 spiro atoms. The number of methoxy groups -OCH3 is 1. The van der Waals surface area contributed by atoms with E-state index in [1.165, 1.54) is 25.7 Å². The molecule has 1 aromatic rings. The first kappa shape index (κ1) is 23.8. The van der Waals surface area contributed by atoms with Crippen molar-refractivity contribution in [2.75, 3.05) is 27.2 Å². The van der Waals surface area contributed by atoms with Crippen LogP contribution in [0.25, 0.3) is 0 Å². The first-order chi connectivity index (χ1) is 13.7. The van der Waals surface area contributed by atoms with Crippen molar-refractivity contribution in [1.29, 1.82) is 0 Å². The van der Waals surface area contributed by atoms with Crippen molar-refractivity contribution in [1.82, 2.24) is 30.7 Å². The van der Waals surface area contributed by atoms with E-state index in [4.69, 9.17) is 4.74 Å². The number of carbonyl (C=O) groups excluding carboxylic acids is 1. The fourth-order valence-corrected chi connectivity index (χ4v) is 3.99. The maximum atomic E-state index is 12.0. The number of ether oxygens (including phenoxy) is 1. The molecule has 3 rings (SSSR count). The second-order valence-electron chi connectivity index (χ2n) is 7.64. The van der Waals surface area contributed by atoms with Crippen molar-refractivity contribution in [3.8, 4) is 0 Å². The van der Waals surface area contributed by atoms with E-state index in [0.29, 0.717) is 32.0 Å². The topological polar surface area (TPSA) is 105 Å². The second-order valence-corrected chi connectivity index (χ2v) is 7.64. The minimum atomic E-state index is 0. The quantitative estimate of drug-likeness (QED) is 0.207. The fraction of sp³-hybridized carbons (Fsp3) is 0.789. The van der Waals surface area contributed by atoms with Crippen molar-refractivity contribution < 1.29 is 9.53 Å². The fourth-order valence-electron chi connectivity index (χ4n) is 3.99. The van der Waals surface area contributed by atoms with Gasteiger partial charge in [0.25, 0.3) is 0 Å². The molecule has 1 unspecified atom stereocenters. The lowest BCUT2D eigenvalue weighted by atomic mass is 10.0. The van der Waals surface area contributed by atoms with E-state index < -0.39 is 0 Å². The van der Waals surface area contributed by atoms with Gasteiger partial charge in [-0.25, -0.2) is 9.67 Å². The minimum absolute atomic E-state index is 0. The summed E-state index contributed by atoms with van der Waals surface area (Å²) < 4.78 is 7.06. The average Bonchev–Trinajstić information content (AvgIpc) is 3.33. The van der Waals surface area contributed by atoms with Gasteiger partial charge < -0.3 is 20.7 Å². The molecule has 164 valence electrons. The van der Waals surface area contributed by atoms with E-state index in [-0.39, 0.29) is 35.9 Å². The number of nitrogens with one attached hydrogen (secondary N) is 3. The summed E-state index contributed by atoms with van der Waals surface area (Å²) in [5.41, 5.74) is 0. The van der Waals surface area contributed by atoms with E-state index in [9.17, 15) is 4.79 Å². The molecule has 0 saturated heterocycles. The van der Waals surface area contributed by atoms with Crippen molar-refractivity contribution >= 4 is 35.8 Å². The Kier molecular flexibility index (Phi) is 10.1. The van der Waals surface area contributed by atoms with Gasteiger partial charge in [-0.05, 0) is 25.2 Å². The second kappa shape index (κ2) is 12.3. The summed E-state index contributed by atoms with van der Waals surface area (Å²) in [6, 6.07) is 0.243. The third-order valence-electron chi connectivity index (χ3n) is 5.43. The summed E-state index contributed by atoms with van der Waals surface area (Å²) in [5, 5.41) is 14.2. The summed E-state index contributed by atoms with van der Waals surface area (Å²) in [4.78, 5) is 20.8. The molecule has 0 bridgehead atoms. The zero-order valence-corrected chi connectivity index (χ0v) is 19.8. The normalized spacial score (nSPS) is 19.4. The number of carbonyl (C=O) groups is 1. The van der Waals surface area contributed by atoms with Crippen LogP contribution in [-0.4, -0.2) is 59.9 Å². The minimum Gasteiger partial charge on any atom is -0.377 e. The molecule has 1 aliphatic heterocycles. The number of hydrogen-bond donors (Lipinski definition) is 3. The highest BCUT2D eigenvalue weighted by Crippen LogP contribution is 2.27. The van der Waals surface area contributed by atoms with Gasteiger partial charge in [-0.1, -0.05) is 12.8 Å². The molecule has 9 nitrogen and oxygen atoms in total. The molecule has 2 aliphatic rings. The maximum absolute atomic E-state index is 12.0. The number of nitrogens with zero attached hydrogens (tertiary/aromatic N) is 4. The molecule has 1 aromatic heterocycles. The van der Waals surface area contributed by atoms with Crippen molar-refractivity contribution in [3.05, 3.63) is 11.6 Å². The van der Waals surface area contributed by atoms with E-state index in [1.807, 2.05) is 4.68 Å². The summed E-state index contributed by atoms with van der Waals surface area (Å²) in [5.74, 6) is 3.23. The number of fused-ring (bicyclic) bond motifs is 1. The van der Waals surface area contributed by atoms with Gasteiger partial charge in [-0.2, -0.15) is 5.10 Å². The molecule has 0 aromatic carbocycles. The Morgan fingerprint density at radius 1 is 1.24 bits per heavy atom. The summed E-state index contributed by atoms with van der Waals surface area (Å²) >= 11 is 0. The lowest BCUT2D eigenvalue weighted by molar-refractivity contribution is -0.121. The SMILES string of the molecule is CN=C(NCCNC(=O)CC1CCCC1)NC1CCc2nc(COC)nn2C1.I. The molecule has 0 radical (unpaired) electrons. The smallest absolute Gasteiger partial charge is 0.220 e. The van der Waals surface area contributed by atoms with Crippen LogP contribution in [0, 0.1) is 5.92 Å². The third-order valence-corrected chi connectivity index (χ3v) is 5.43.